The fourth-order valence-electron chi connectivity index (χ4n) is 4.64. The molecule has 2 heterocycles. The second-order valence-corrected chi connectivity index (χ2v) is 10.4. The highest BCUT2D eigenvalue weighted by atomic mass is 32.1. The Kier molecular flexibility index (Phi) is 9.03. The van der Waals surface area contributed by atoms with Crippen molar-refractivity contribution < 1.29 is 23.7 Å². The van der Waals surface area contributed by atoms with Crippen LogP contribution in [0, 0.1) is 11.3 Å². The molecule has 1 atom stereocenters. The second-order valence-electron chi connectivity index (χ2n) is 9.41. The number of hydrogen-bond acceptors (Lipinski definition) is 9. The van der Waals surface area contributed by atoms with Crippen molar-refractivity contribution in [2.24, 2.45) is 4.99 Å². The molecule has 1 aliphatic heterocycles. The minimum absolute atomic E-state index is 0.233. The second kappa shape index (κ2) is 13.2. The molecule has 0 spiro atoms. The van der Waals surface area contributed by atoms with Gasteiger partial charge in [0.25, 0.3) is 5.56 Å². The molecule has 0 bridgehead atoms. The molecule has 0 saturated carbocycles. The molecule has 9 nitrogen and oxygen atoms in total. The molecule has 1 aromatic heterocycles. The van der Waals surface area contributed by atoms with Crippen molar-refractivity contribution in [2.45, 2.75) is 26.5 Å². The first-order chi connectivity index (χ1) is 20.9. The molecule has 0 N–H and O–H groups in total. The molecular formula is C33H29N3O6S. The average molecular weight is 596 g/mol. The molecule has 0 saturated heterocycles. The van der Waals surface area contributed by atoms with Crippen molar-refractivity contribution in [1.29, 1.82) is 5.26 Å². The normalized spacial score (nSPS) is 14.1. The summed E-state index contributed by atoms with van der Waals surface area (Å²) in [4.78, 5) is 31.5. The Morgan fingerprint density at radius 2 is 1.72 bits per heavy atom. The molecule has 43 heavy (non-hydrogen) atoms. The number of ether oxygens (including phenoxy) is 4. The third kappa shape index (κ3) is 6.37. The average Bonchev–Trinajstić information content (AvgIpc) is 3.35. The number of esters is 1. The number of nitrogens with zero attached hydrogens (tertiary/aromatic N) is 3. The molecule has 0 fully saturated rings. The van der Waals surface area contributed by atoms with Crippen LogP contribution in [0.3, 0.4) is 0 Å². The Hall–Kier alpha value is -5.14. The SMILES string of the molecule is CCOc1ccc([C@@H]2C(C(=O)OC)=CN=c3s/c(=C/c4ccc(OCc5ccc(C#N)cc5)cc4)c(=O)n32)cc1OCC. The van der Waals surface area contributed by atoms with Crippen molar-refractivity contribution in [3.63, 3.8) is 0 Å². The zero-order chi connectivity index (χ0) is 30.3. The predicted molar refractivity (Wildman–Crippen MR) is 162 cm³/mol. The van der Waals surface area contributed by atoms with E-state index in [0.717, 1.165) is 11.1 Å². The number of thiazole rings is 1. The van der Waals surface area contributed by atoms with Crippen LogP contribution in [0.2, 0.25) is 0 Å². The molecular weight excluding hydrogens is 566 g/mol. The molecule has 218 valence electrons. The van der Waals surface area contributed by atoms with Gasteiger partial charge in [0.15, 0.2) is 16.3 Å². The minimum Gasteiger partial charge on any atom is -0.490 e. The number of methoxy groups -OCH3 is 1. The first kappa shape index (κ1) is 29.4. The van der Waals surface area contributed by atoms with E-state index < -0.39 is 12.0 Å². The summed E-state index contributed by atoms with van der Waals surface area (Å²) in [7, 11) is 1.30. The van der Waals surface area contributed by atoms with Crippen LogP contribution in [0.25, 0.3) is 6.08 Å². The summed E-state index contributed by atoms with van der Waals surface area (Å²) < 4.78 is 24.4. The summed E-state index contributed by atoms with van der Waals surface area (Å²) in [6.07, 6.45) is 3.25. The van der Waals surface area contributed by atoms with E-state index >= 15 is 0 Å². The van der Waals surface area contributed by atoms with E-state index in [9.17, 15) is 9.59 Å². The van der Waals surface area contributed by atoms with Crippen LogP contribution < -0.4 is 29.1 Å². The molecule has 4 aromatic rings. The van der Waals surface area contributed by atoms with E-state index in [-0.39, 0.29) is 11.1 Å². The minimum atomic E-state index is -0.765. The number of hydrogen-bond donors (Lipinski definition) is 0. The van der Waals surface area contributed by atoms with E-state index in [0.29, 0.717) is 57.5 Å². The van der Waals surface area contributed by atoms with E-state index in [1.807, 2.05) is 56.3 Å². The fraction of sp³-hybridized carbons (Fsp3) is 0.212. The third-order valence-electron chi connectivity index (χ3n) is 6.67. The molecule has 0 aliphatic carbocycles. The molecule has 1 aliphatic rings. The number of nitriles is 1. The molecule has 5 rings (SSSR count). The fourth-order valence-corrected chi connectivity index (χ4v) is 5.61. The zero-order valence-corrected chi connectivity index (χ0v) is 24.7. The smallest absolute Gasteiger partial charge is 0.337 e. The van der Waals surface area contributed by atoms with Gasteiger partial charge in [0.1, 0.15) is 12.4 Å². The van der Waals surface area contributed by atoms with Gasteiger partial charge >= 0.3 is 5.97 Å². The van der Waals surface area contributed by atoms with E-state index in [1.165, 1.54) is 29.2 Å². The lowest BCUT2D eigenvalue weighted by Crippen LogP contribution is -2.39. The van der Waals surface area contributed by atoms with Crippen molar-refractivity contribution in [2.75, 3.05) is 20.3 Å². The summed E-state index contributed by atoms with van der Waals surface area (Å²) in [6, 6.07) is 21.3. The Balaban J connectivity index is 1.46. The summed E-state index contributed by atoms with van der Waals surface area (Å²) in [5, 5.41) is 8.96. The van der Waals surface area contributed by atoms with Gasteiger partial charge < -0.3 is 18.9 Å². The van der Waals surface area contributed by atoms with Crippen LogP contribution in [0.4, 0.5) is 0 Å². The van der Waals surface area contributed by atoms with Crippen LogP contribution in [-0.4, -0.2) is 30.9 Å². The van der Waals surface area contributed by atoms with Crippen LogP contribution >= 0.6 is 11.3 Å². The van der Waals surface area contributed by atoms with Gasteiger partial charge in [-0.05, 0) is 73.0 Å². The Morgan fingerprint density at radius 1 is 1.00 bits per heavy atom. The van der Waals surface area contributed by atoms with Gasteiger partial charge in [0.05, 0.1) is 48.1 Å². The number of carbonyl (C=O) groups excluding carboxylic acids is 1. The maximum Gasteiger partial charge on any atom is 0.337 e. The predicted octanol–water partition coefficient (Wildman–Crippen LogP) is 4.27. The topological polar surface area (TPSA) is 112 Å². The van der Waals surface area contributed by atoms with Gasteiger partial charge in [-0.3, -0.25) is 9.36 Å². The van der Waals surface area contributed by atoms with Crippen LogP contribution in [0.15, 0.2) is 88.3 Å². The number of carbonyl (C=O) groups is 1. The number of rotatable bonds is 10. The lowest BCUT2D eigenvalue weighted by Gasteiger charge is -2.23. The van der Waals surface area contributed by atoms with Crippen LogP contribution in [-0.2, 0) is 16.1 Å². The van der Waals surface area contributed by atoms with E-state index in [2.05, 4.69) is 11.1 Å². The molecule has 0 radical (unpaired) electrons. The summed E-state index contributed by atoms with van der Waals surface area (Å²) >= 11 is 1.24. The number of aromatic nitrogens is 1. The zero-order valence-electron chi connectivity index (χ0n) is 23.9. The Bertz CT molecular complexity index is 1880. The third-order valence-corrected chi connectivity index (χ3v) is 7.67. The van der Waals surface area contributed by atoms with Gasteiger partial charge in [-0.2, -0.15) is 5.26 Å². The number of benzene rings is 3. The monoisotopic (exact) mass is 595 g/mol. The summed E-state index contributed by atoms with van der Waals surface area (Å²) in [5.74, 6) is 1.19. The number of fused-ring (bicyclic) bond motifs is 1. The molecule has 3 aromatic carbocycles. The first-order valence-corrected chi connectivity index (χ1v) is 14.5. The standard InChI is InChI=1S/C33H29N3O6S/c1-4-40-27-15-12-24(17-28(27)41-5-2)30-26(32(38)39-3)19-35-33-36(30)31(37)29(43-33)16-21-10-13-25(14-11-21)42-20-23-8-6-22(18-34)7-9-23/h6-17,19,30H,4-5,20H2,1-3H3/b29-16+/t30-/m1/s1. The lowest BCUT2D eigenvalue weighted by atomic mass is 9.97. The van der Waals surface area contributed by atoms with E-state index in [4.69, 9.17) is 24.2 Å². The van der Waals surface area contributed by atoms with Crippen molar-refractivity contribution in [3.8, 4) is 23.3 Å². The Labute approximate surface area is 252 Å². The van der Waals surface area contributed by atoms with Gasteiger partial charge in [-0.25, -0.2) is 9.79 Å². The Morgan fingerprint density at radius 3 is 2.40 bits per heavy atom. The van der Waals surface area contributed by atoms with Crippen molar-refractivity contribution in [1.82, 2.24) is 4.57 Å². The first-order valence-electron chi connectivity index (χ1n) is 13.7. The molecule has 10 heteroatoms. The van der Waals surface area contributed by atoms with Crippen LogP contribution in [0.5, 0.6) is 17.2 Å². The summed E-state index contributed by atoms with van der Waals surface area (Å²) in [5.41, 5.74) is 2.97. The van der Waals surface area contributed by atoms with Crippen molar-refractivity contribution >= 4 is 23.4 Å². The lowest BCUT2D eigenvalue weighted by molar-refractivity contribution is -0.136. The van der Waals surface area contributed by atoms with Gasteiger partial charge in [-0.1, -0.05) is 41.7 Å². The van der Waals surface area contributed by atoms with E-state index in [1.54, 1.807) is 30.3 Å². The molecule has 0 amide bonds. The molecule has 0 unspecified atom stereocenters. The van der Waals surface area contributed by atoms with Crippen LogP contribution in [0.1, 0.15) is 42.1 Å². The summed E-state index contributed by atoms with van der Waals surface area (Å²) in [6.45, 7) is 5.01. The van der Waals surface area contributed by atoms with Crippen molar-refractivity contribution in [3.05, 3.63) is 120 Å². The highest BCUT2D eigenvalue weighted by Crippen LogP contribution is 2.35. The maximum atomic E-state index is 13.8. The van der Waals surface area contributed by atoms with Gasteiger partial charge in [0, 0.05) is 6.20 Å². The highest BCUT2D eigenvalue weighted by Gasteiger charge is 2.31. The van der Waals surface area contributed by atoms with Gasteiger partial charge in [-0.15, -0.1) is 0 Å². The highest BCUT2D eigenvalue weighted by molar-refractivity contribution is 7.07. The maximum absolute atomic E-state index is 13.8. The van der Waals surface area contributed by atoms with Gasteiger partial charge in [0.2, 0.25) is 0 Å². The quantitative estimate of drug-likeness (QED) is 0.252. The largest absolute Gasteiger partial charge is 0.490 e.